The Hall–Kier alpha value is -10.8. The number of benzene rings is 8. The van der Waals surface area contributed by atoms with Gasteiger partial charge in [-0.15, -0.1) is 26.3 Å². The zero-order chi connectivity index (χ0) is 88.7. The fourth-order valence-corrected chi connectivity index (χ4v) is 11.7. The van der Waals surface area contributed by atoms with E-state index in [1.54, 1.807) is 75.8 Å². The van der Waals surface area contributed by atoms with Gasteiger partial charge in [0.15, 0.2) is 0 Å². The average molecular weight is 1720 g/mol. The van der Waals surface area contributed by atoms with Gasteiger partial charge in [-0.25, -0.2) is 14.0 Å². The summed E-state index contributed by atoms with van der Waals surface area (Å²) in [6, 6.07) is 41.7. The molecule has 0 radical (unpaired) electrons. The summed E-state index contributed by atoms with van der Waals surface area (Å²) in [6.45, 7) is 22.9. The van der Waals surface area contributed by atoms with Crippen molar-refractivity contribution in [1.29, 1.82) is 0 Å². The zero-order valence-corrected chi connectivity index (χ0v) is 70.4. The summed E-state index contributed by atoms with van der Waals surface area (Å²) < 4.78 is 162. The van der Waals surface area contributed by atoms with Gasteiger partial charge < -0.3 is 72.2 Å². The Balaban J connectivity index is 0.000000421. The molecular formula is C94H119F7O21. The highest BCUT2D eigenvalue weighted by Gasteiger charge is 2.33. The molecule has 670 valence electrons. The molecule has 0 saturated heterocycles. The van der Waals surface area contributed by atoms with Gasteiger partial charge in [-0.1, -0.05) is 142 Å². The first kappa shape index (κ1) is 105. The maximum Gasteiger partial charge on any atom is 0.522 e. The van der Waals surface area contributed by atoms with Crippen LogP contribution in [0.25, 0.3) is 6.08 Å². The summed E-state index contributed by atoms with van der Waals surface area (Å²) in [5, 5.41) is 29.0. The number of methoxy groups -OCH3 is 3. The van der Waals surface area contributed by atoms with Crippen molar-refractivity contribution < 1.29 is 132 Å². The summed E-state index contributed by atoms with van der Waals surface area (Å²) in [4.78, 5) is 47.1. The molecular weight excluding hydrogens is 1600 g/mol. The first-order valence-corrected chi connectivity index (χ1v) is 39.0. The molecule has 4 atom stereocenters. The third-order valence-electron chi connectivity index (χ3n) is 18.9. The molecule has 122 heavy (non-hydrogen) atoms. The standard InChI is InChI=1S/C25H32O5.C24H30O7.C23H25F7O5.C20H24O4.2CH4/c1-6-18(3)20-8-10-21(11-9-20)25(26)30-13-12-29-24-22(16-27-4)14-19(7-2)15-23(24)17-28-5;1-5-16(2)19-6-8-23(9-7-19)28-10-11-29-24-20(14-30-17(3)25)12-22(27)13-21(24)15-31-18(4)26;1-4-21(2,24)17-5-7-18(8-6-17)32-9-10-33-20-15(13-34-22(25,26)27)11-19(31-3)12-16(20)14-35-23(28,29)30;1-4-14(3)15-5-7-16(8-6-15)20(23)24-19-17(11-21)9-13(2)10-18(19)12-22;;/h7-11,14-15,18H,2,6,12-13,16-17H2,1,3-5H3;6-9,12-13,16,27H,5,10-11,14-15H2,1-4H3;5-8,11-12H,4,9-10,13-14H2,1-3H3;5-10,14,21-22H,4,11-12H2,1-3H3;2*1H4. The molecule has 0 bridgehead atoms. The van der Waals surface area contributed by atoms with Crippen molar-refractivity contribution in [2.75, 3.05) is 61.0 Å². The normalized spacial score (nSPS) is 12.2. The van der Waals surface area contributed by atoms with Gasteiger partial charge in [0, 0.05) is 72.6 Å². The topological polar surface area (TPSA) is 258 Å². The van der Waals surface area contributed by atoms with Crippen LogP contribution >= 0.6 is 0 Å². The number of aryl methyl sites for hydroxylation is 1. The first-order valence-electron chi connectivity index (χ1n) is 39.0. The molecule has 28 heteroatoms. The number of esters is 4. The highest BCUT2D eigenvalue weighted by Crippen LogP contribution is 2.38. The van der Waals surface area contributed by atoms with Crippen molar-refractivity contribution in [2.45, 2.75) is 206 Å². The third kappa shape index (κ3) is 35.7. The number of ether oxygens (including phenoxy) is 14. The Morgan fingerprint density at radius 2 is 0.787 bits per heavy atom. The van der Waals surface area contributed by atoms with E-state index in [1.165, 1.54) is 56.7 Å². The highest BCUT2D eigenvalue weighted by molar-refractivity contribution is 5.91. The van der Waals surface area contributed by atoms with E-state index in [-0.39, 0.29) is 127 Å². The average Bonchev–Trinajstić information content (AvgIpc) is 0.836. The zero-order valence-electron chi connectivity index (χ0n) is 70.4. The molecule has 0 fully saturated rings. The van der Waals surface area contributed by atoms with Crippen LogP contribution in [0.3, 0.4) is 0 Å². The molecule has 8 aromatic carbocycles. The van der Waals surface area contributed by atoms with Crippen LogP contribution in [0.15, 0.2) is 152 Å². The number of alkyl halides is 7. The number of phenolic OH excluding ortho intramolecular Hbond substituents is 1. The molecule has 0 aliphatic rings. The number of rotatable bonds is 41. The van der Waals surface area contributed by atoms with Crippen LogP contribution < -0.4 is 33.2 Å². The maximum absolute atomic E-state index is 14.3. The number of phenols is 1. The van der Waals surface area contributed by atoms with E-state index in [2.05, 4.69) is 69.7 Å². The van der Waals surface area contributed by atoms with Crippen molar-refractivity contribution in [1.82, 2.24) is 0 Å². The minimum absolute atomic E-state index is 0. The van der Waals surface area contributed by atoms with Crippen LogP contribution in [0.2, 0.25) is 0 Å². The number of halogens is 7. The monoisotopic (exact) mass is 1720 g/mol. The molecule has 8 aromatic rings. The third-order valence-corrected chi connectivity index (χ3v) is 18.9. The molecule has 0 saturated carbocycles. The number of aliphatic hydroxyl groups is 2. The number of carbonyl (C=O) groups excluding carboxylic acids is 4. The largest absolute Gasteiger partial charge is 0.522 e. The van der Waals surface area contributed by atoms with Crippen LogP contribution in [0.5, 0.6) is 46.0 Å². The summed E-state index contributed by atoms with van der Waals surface area (Å²) in [5.41, 5.74) is 8.77. The maximum atomic E-state index is 14.3. The van der Waals surface area contributed by atoms with E-state index in [4.69, 9.17) is 56.8 Å². The van der Waals surface area contributed by atoms with Crippen LogP contribution in [-0.2, 0) is 101 Å². The molecule has 21 nitrogen and oxygen atoms in total. The van der Waals surface area contributed by atoms with Crippen LogP contribution in [0.1, 0.15) is 226 Å². The molecule has 8 rings (SSSR count). The van der Waals surface area contributed by atoms with E-state index in [1.807, 2.05) is 67.6 Å². The Kier molecular flexibility index (Phi) is 46.0. The Labute approximate surface area is 712 Å². The minimum Gasteiger partial charge on any atom is -0.508 e. The molecule has 4 unspecified atom stereocenters. The summed E-state index contributed by atoms with van der Waals surface area (Å²) in [5.74, 6) is 1.72. The quantitative estimate of drug-likeness (QED) is 0.0106. The van der Waals surface area contributed by atoms with Gasteiger partial charge >= 0.3 is 36.6 Å². The lowest BCUT2D eigenvalue weighted by Crippen LogP contribution is -2.17. The van der Waals surface area contributed by atoms with Crippen molar-refractivity contribution >= 4 is 30.0 Å². The lowest BCUT2D eigenvalue weighted by Gasteiger charge is -2.20. The van der Waals surface area contributed by atoms with E-state index >= 15 is 0 Å². The predicted octanol–water partition coefficient (Wildman–Crippen LogP) is 21.7. The van der Waals surface area contributed by atoms with Gasteiger partial charge in [0.1, 0.15) is 105 Å². The lowest BCUT2D eigenvalue weighted by atomic mass is 9.95. The van der Waals surface area contributed by atoms with Crippen LogP contribution in [0.4, 0.5) is 30.7 Å². The summed E-state index contributed by atoms with van der Waals surface area (Å²) in [7, 11) is 4.47. The Bertz CT molecular complexity index is 4360. The fourth-order valence-electron chi connectivity index (χ4n) is 11.7. The van der Waals surface area contributed by atoms with Gasteiger partial charge in [-0.05, 0) is 170 Å². The van der Waals surface area contributed by atoms with Crippen molar-refractivity contribution in [3.8, 4) is 46.0 Å². The Morgan fingerprint density at radius 3 is 1.13 bits per heavy atom. The summed E-state index contributed by atoms with van der Waals surface area (Å²) in [6.07, 6.45) is -4.73. The van der Waals surface area contributed by atoms with Crippen LogP contribution in [-0.4, -0.2) is 113 Å². The minimum atomic E-state index is -4.98. The molecule has 0 heterocycles. The van der Waals surface area contributed by atoms with Gasteiger partial charge in [-0.2, -0.15) is 0 Å². The SMILES string of the molecule is C.C.C=Cc1cc(COC)c(OCCOC(=O)c2ccc(C(C)CC)cc2)c(COC)c1.CCC(C)(F)c1ccc(OCCOc2c(COC(F)(F)F)cc(OC)cc2COC(F)(F)F)cc1.CCC(C)c1ccc(C(=O)Oc2c(CO)cc(C)cc2CO)cc1.CCC(C)c1ccc(OCCOc2c(COC(C)=O)cc(O)cc2COC(C)=O)cc1. The number of carbonyl (C=O) groups is 4. The smallest absolute Gasteiger partial charge is 0.508 e. The predicted molar refractivity (Wildman–Crippen MR) is 452 cm³/mol. The highest BCUT2D eigenvalue weighted by atomic mass is 19.4. The van der Waals surface area contributed by atoms with Crippen molar-refractivity contribution in [3.63, 3.8) is 0 Å². The molecule has 0 amide bonds. The number of aromatic hydroxyl groups is 1. The van der Waals surface area contributed by atoms with E-state index in [9.17, 15) is 65.2 Å². The lowest BCUT2D eigenvalue weighted by molar-refractivity contribution is -0.330. The molecule has 0 aliphatic carbocycles. The molecule has 3 N–H and O–H groups in total. The van der Waals surface area contributed by atoms with E-state index < -0.39 is 49.5 Å². The number of hydrogen-bond donors (Lipinski definition) is 3. The van der Waals surface area contributed by atoms with E-state index in [0.29, 0.717) is 87.2 Å². The van der Waals surface area contributed by atoms with Gasteiger partial charge in [0.25, 0.3) is 0 Å². The molecule has 0 spiro atoms. The van der Waals surface area contributed by atoms with Gasteiger partial charge in [0.2, 0.25) is 0 Å². The molecule has 0 aliphatic heterocycles. The van der Waals surface area contributed by atoms with Crippen molar-refractivity contribution in [2.24, 2.45) is 0 Å². The van der Waals surface area contributed by atoms with Gasteiger partial charge in [-0.3, -0.25) is 19.1 Å². The number of aliphatic hydroxyl groups excluding tert-OH is 2. The second-order valence-electron chi connectivity index (χ2n) is 27.9. The second kappa shape index (κ2) is 53.2. The van der Waals surface area contributed by atoms with Crippen molar-refractivity contribution in [3.05, 3.63) is 241 Å². The van der Waals surface area contributed by atoms with E-state index in [0.717, 1.165) is 59.4 Å². The van der Waals surface area contributed by atoms with Gasteiger partial charge in [0.05, 0.1) is 57.9 Å². The van der Waals surface area contributed by atoms with Crippen LogP contribution in [0, 0.1) is 6.92 Å². The number of hydrogen-bond acceptors (Lipinski definition) is 21. The summed E-state index contributed by atoms with van der Waals surface area (Å²) >= 11 is 0. The second-order valence-corrected chi connectivity index (χ2v) is 27.9. The fraction of sp³-hybridized carbons (Fsp3) is 0.426. The first-order chi connectivity index (χ1) is 57.1. The Morgan fingerprint density at radius 1 is 0.434 bits per heavy atom. The molecule has 0 aromatic heterocycles.